The van der Waals surface area contributed by atoms with Gasteiger partial charge in [0, 0.05) is 5.02 Å². The highest BCUT2D eigenvalue weighted by molar-refractivity contribution is 6.33. The number of hydrogen-bond donors (Lipinski definition) is 1. The Labute approximate surface area is 120 Å². The van der Waals surface area contributed by atoms with Gasteiger partial charge < -0.3 is 9.84 Å². The van der Waals surface area contributed by atoms with E-state index in [9.17, 15) is 4.79 Å². The average Bonchev–Trinajstić information content (AvgIpc) is 2.36. The molecule has 0 heterocycles. The van der Waals surface area contributed by atoms with Crippen molar-refractivity contribution in [2.24, 2.45) is 0 Å². The summed E-state index contributed by atoms with van der Waals surface area (Å²) in [6.45, 7) is 0.337. The lowest BCUT2D eigenvalue weighted by molar-refractivity contribution is 0.0697. The molecular weight excluding hydrogens is 287 g/mol. The van der Waals surface area contributed by atoms with Gasteiger partial charge in [-0.2, -0.15) is 0 Å². The molecule has 0 unspecified atom stereocenters. The van der Waals surface area contributed by atoms with Crippen LogP contribution in [0.15, 0.2) is 42.5 Å². The van der Waals surface area contributed by atoms with Crippen LogP contribution in [0.1, 0.15) is 15.9 Å². The maximum atomic E-state index is 10.8. The van der Waals surface area contributed by atoms with E-state index in [1.807, 2.05) is 12.1 Å². The molecule has 0 amide bonds. The summed E-state index contributed by atoms with van der Waals surface area (Å²) in [5.41, 5.74) is 0.975. The molecule has 0 aliphatic rings. The quantitative estimate of drug-likeness (QED) is 0.916. The maximum absolute atomic E-state index is 10.8. The fourth-order valence-electron chi connectivity index (χ4n) is 1.55. The molecule has 0 aliphatic carbocycles. The first-order valence-electron chi connectivity index (χ1n) is 5.46. The van der Waals surface area contributed by atoms with Crippen LogP contribution in [0, 0.1) is 0 Å². The van der Waals surface area contributed by atoms with Crippen LogP contribution in [-0.4, -0.2) is 11.1 Å². The Kier molecular flexibility index (Phi) is 4.30. The molecule has 0 spiro atoms. The van der Waals surface area contributed by atoms with Crippen LogP contribution in [-0.2, 0) is 6.61 Å². The summed E-state index contributed by atoms with van der Waals surface area (Å²) in [5.74, 6) is -0.554. The number of aromatic carboxylic acids is 1. The topological polar surface area (TPSA) is 46.5 Å². The van der Waals surface area contributed by atoms with Crippen LogP contribution in [0.4, 0.5) is 0 Å². The second kappa shape index (κ2) is 5.95. The third-order valence-electron chi connectivity index (χ3n) is 2.47. The zero-order valence-corrected chi connectivity index (χ0v) is 11.3. The summed E-state index contributed by atoms with van der Waals surface area (Å²) in [5, 5.41) is 9.64. The maximum Gasteiger partial charge on any atom is 0.337 e. The molecule has 2 rings (SSSR count). The number of carbonyl (C=O) groups is 1. The van der Waals surface area contributed by atoms with Gasteiger partial charge in [-0.3, -0.25) is 0 Å². The predicted molar refractivity (Wildman–Crippen MR) is 74.2 cm³/mol. The molecule has 2 aromatic rings. The Morgan fingerprint density at radius 1 is 1.16 bits per heavy atom. The summed E-state index contributed by atoms with van der Waals surface area (Å²) in [6.07, 6.45) is 0. The van der Waals surface area contributed by atoms with Crippen molar-refractivity contribution in [1.29, 1.82) is 0 Å². The standard InChI is InChI=1S/C14H10Cl2O3/c15-10-3-1-2-9(6-10)8-19-11-4-5-12(14(17)18)13(16)7-11/h1-7H,8H2,(H,17,18). The second-order valence-corrected chi connectivity index (χ2v) is 4.71. The fourth-order valence-corrected chi connectivity index (χ4v) is 2.02. The van der Waals surface area contributed by atoms with Crippen molar-refractivity contribution >= 4 is 29.2 Å². The first-order chi connectivity index (χ1) is 9.06. The van der Waals surface area contributed by atoms with E-state index in [1.165, 1.54) is 12.1 Å². The minimum Gasteiger partial charge on any atom is -0.489 e. The molecule has 0 saturated carbocycles. The van der Waals surface area contributed by atoms with Crippen LogP contribution < -0.4 is 4.74 Å². The van der Waals surface area contributed by atoms with Crippen molar-refractivity contribution < 1.29 is 14.6 Å². The zero-order chi connectivity index (χ0) is 13.8. The largest absolute Gasteiger partial charge is 0.489 e. The van der Waals surface area contributed by atoms with Gasteiger partial charge in [0.25, 0.3) is 0 Å². The summed E-state index contributed by atoms with van der Waals surface area (Å²) >= 11 is 11.7. The van der Waals surface area contributed by atoms with E-state index < -0.39 is 5.97 Å². The molecule has 0 saturated heterocycles. The summed E-state index contributed by atoms with van der Waals surface area (Å²) in [7, 11) is 0. The van der Waals surface area contributed by atoms with Gasteiger partial charge in [0.2, 0.25) is 0 Å². The first-order valence-corrected chi connectivity index (χ1v) is 6.22. The van der Waals surface area contributed by atoms with Gasteiger partial charge in [0.05, 0.1) is 10.6 Å². The molecule has 0 radical (unpaired) electrons. The normalized spacial score (nSPS) is 10.2. The average molecular weight is 297 g/mol. The highest BCUT2D eigenvalue weighted by Gasteiger charge is 2.09. The summed E-state index contributed by atoms with van der Waals surface area (Å²) in [4.78, 5) is 10.8. The lowest BCUT2D eigenvalue weighted by Crippen LogP contribution is -1.99. The van der Waals surface area contributed by atoms with Crippen LogP contribution in [0.25, 0.3) is 0 Å². The van der Waals surface area contributed by atoms with Crippen LogP contribution in [0.2, 0.25) is 10.0 Å². The Bertz CT molecular complexity index is 611. The van der Waals surface area contributed by atoms with Gasteiger partial charge in [-0.15, -0.1) is 0 Å². The lowest BCUT2D eigenvalue weighted by atomic mass is 10.2. The minimum absolute atomic E-state index is 0.0526. The minimum atomic E-state index is -1.06. The molecule has 0 aromatic heterocycles. The van der Waals surface area contributed by atoms with Crippen molar-refractivity contribution in [1.82, 2.24) is 0 Å². The van der Waals surface area contributed by atoms with Gasteiger partial charge >= 0.3 is 5.97 Å². The van der Waals surface area contributed by atoms with E-state index in [0.717, 1.165) is 5.56 Å². The van der Waals surface area contributed by atoms with Gasteiger partial charge in [0.1, 0.15) is 12.4 Å². The third-order valence-corrected chi connectivity index (χ3v) is 3.01. The van der Waals surface area contributed by atoms with Gasteiger partial charge in [-0.1, -0.05) is 35.3 Å². The Morgan fingerprint density at radius 3 is 2.58 bits per heavy atom. The molecule has 0 bridgehead atoms. The number of ether oxygens (including phenoxy) is 1. The summed E-state index contributed by atoms with van der Waals surface area (Å²) in [6, 6.07) is 11.8. The van der Waals surface area contributed by atoms with E-state index in [-0.39, 0.29) is 10.6 Å². The fraction of sp³-hybridized carbons (Fsp3) is 0.0714. The zero-order valence-electron chi connectivity index (χ0n) is 9.77. The van der Waals surface area contributed by atoms with E-state index >= 15 is 0 Å². The number of carboxylic acid groups (broad SMARTS) is 1. The Morgan fingerprint density at radius 2 is 1.95 bits per heavy atom. The van der Waals surface area contributed by atoms with Crippen molar-refractivity contribution in [2.75, 3.05) is 0 Å². The molecule has 98 valence electrons. The Hall–Kier alpha value is -1.71. The number of halogens is 2. The monoisotopic (exact) mass is 296 g/mol. The first kappa shape index (κ1) is 13.7. The van der Waals surface area contributed by atoms with Crippen LogP contribution in [0.3, 0.4) is 0 Å². The van der Waals surface area contributed by atoms with Crippen LogP contribution in [0.5, 0.6) is 5.75 Å². The van der Waals surface area contributed by atoms with E-state index in [2.05, 4.69) is 0 Å². The van der Waals surface area contributed by atoms with Gasteiger partial charge in [-0.25, -0.2) is 4.79 Å². The lowest BCUT2D eigenvalue weighted by Gasteiger charge is -2.08. The molecule has 2 aromatic carbocycles. The van der Waals surface area contributed by atoms with E-state index in [4.69, 9.17) is 33.0 Å². The second-order valence-electron chi connectivity index (χ2n) is 3.87. The molecule has 1 N–H and O–H groups in total. The predicted octanol–water partition coefficient (Wildman–Crippen LogP) is 4.27. The molecule has 19 heavy (non-hydrogen) atoms. The molecule has 0 fully saturated rings. The van der Waals surface area contributed by atoms with Crippen molar-refractivity contribution in [3.63, 3.8) is 0 Å². The van der Waals surface area contributed by atoms with Crippen molar-refractivity contribution in [2.45, 2.75) is 6.61 Å². The molecular formula is C14H10Cl2O3. The smallest absolute Gasteiger partial charge is 0.337 e. The highest BCUT2D eigenvalue weighted by atomic mass is 35.5. The van der Waals surface area contributed by atoms with E-state index in [0.29, 0.717) is 17.4 Å². The van der Waals surface area contributed by atoms with Crippen LogP contribution >= 0.6 is 23.2 Å². The molecule has 0 aliphatic heterocycles. The SMILES string of the molecule is O=C(O)c1ccc(OCc2cccc(Cl)c2)cc1Cl. The van der Waals surface area contributed by atoms with Crippen molar-refractivity contribution in [3.8, 4) is 5.75 Å². The van der Waals surface area contributed by atoms with Gasteiger partial charge in [-0.05, 0) is 35.9 Å². The number of rotatable bonds is 4. The van der Waals surface area contributed by atoms with Crippen molar-refractivity contribution in [3.05, 3.63) is 63.6 Å². The number of carboxylic acids is 1. The van der Waals surface area contributed by atoms with E-state index in [1.54, 1.807) is 18.2 Å². The molecule has 3 nitrogen and oxygen atoms in total. The Balaban J connectivity index is 2.08. The van der Waals surface area contributed by atoms with Gasteiger partial charge in [0.15, 0.2) is 0 Å². The number of hydrogen-bond acceptors (Lipinski definition) is 2. The molecule has 0 atom stereocenters. The third kappa shape index (κ3) is 3.63. The number of benzene rings is 2. The molecule has 5 heteroatoms. The summed E-state index contributed by atoms with van der Waals surface area (Å²) < 4.78 is 5.53. The highest BCUT2D eigenvalue weighted by Crippen LogP contribution is 2.23.